The zero-order chi connectivity index (χ0) is 33.6. The standard InChI is InChI=1S/C29H31ClF2N6O5.CH2O2/c1-38-21(19-5-6-22(43-2)24(32)23(19)31)14-34-25(38)27(40)35-15-3-4-18(20(30)13-15)26(39)36-16-11-17(12-16)37-28(41)29(42)7-9-33-10-8-29;2-1-3/h3-6,13-14,16-17,33,42H,7-12H2,1-2H3,(H,35,40)(H,36,39)(H,37,41);1H,(H,2,3). The number of nitrogens with one attached hydrogen (secondary N) is 4. The maximum atomic E-state index is 14.6. The van der Waals surface area contributed by atoms with Gasteiger partial charge in [-0.25, -0.2) is 9.37 Å². The van der Waals surface area contributed by atoms with Crippen LogP contribution >= 0.6 is 11.6 Å². The highest BCUT2D eigenvalue weighted by molar-refractivity contribution is 6.34. The number of halogens is 3. The zero-order valence-corrected chi connectivity index (χ0v) is 25.7. The molecule has 0 bridgehead atoms. The number of nitrogens with zero attached hydrogens (tertiary/aromatic N) is 2. The lowest BCUT2D eigenvalue weighted by molar-refractivity contribution is -0.143. The van der Waals surface area contributed by atoms with Crippen molar-refractivity contribution in [1.29, 1.82) is 0 Å². The minimum Gasteiger partial charge on any atom is -0.494 e. The molecular formula is C30H33ClF2N6O7. The molecule has 2 aromatic carbocycles. The number of piperidine rings is 1. The van der Waals surface area contributed by atoms with E-state index in [9.17, 15) is 28.3 Å². The smallest absolute Gasteiger partial charge is 0.291 e. The second kappa shape index (κ2) is 14.7. The molecule has 16 heteroatoms. The predicted molar refractivity (Wildman–Crippen MR) is 163 cm³/mol. The Morgan fingerprint density at radius 2 is 1.74 bits per heavy atom. The van der Waals surface area contributed by atoms with Crippen LogP contribution in [0, 0.1) is 11.6 Å². The van der Waals surface area contributed by atoms with Crippen LogP contribution in [0.3, 0.4) is 0 Å². The maximum absolute atomic E-state index is 14.6. The second-order valence-corrected chi connectivity index (χ2v) is 11.2. The average Bonchev–Trinajstić information content (AvgIpc) is 3.39. The van der Waals surface area contributed by atoms with E-state index in [4.69, 9.17) is 26.2 Å². The van der Waals surface area contributed by atoms with E-state index in [2.05, 4.69) is 26.3 Å². The highest BCUT2D eigenvalue weighted by atomic mass is 35.5. The van der Waals surface area contributed by atoms with Gasteiger partial charge in [0, 0.05) is 30.4 Å². The van der Waals surface area contributed by atoms with Gasteiger partial charge < -0.3 is 40.8 Å². The first-order valence-corrected chi connectivity index (χ1v) is 14.6. The lowest BCUT2D eigenvalue weighted by Gasteiger charge is -2.39. The molecule has 3 amide bonds. The Hall–Kier alpha value is -4.60. The number of benzene rings is 2. The van der Waals surface area contributed by atoms with Gasteiger partial charge in [0.15, 0.2) is 17.4 Å². The molecule has 2 fully saturated rings. The third kappa shape index (κ3) is 7.43. The van der Waals surface area contributed by atoms with E-state index in [0.717, 1.165) is 0 Å². The normalized spacial score (nSPS) is 18.2. The van der Waals surface area contributed by atoms with Crippen molar-refractivity contribution >= 4 is 41.5 Å². The summed E-state index contributed by atoms with van der Waals surface area (Å²) in [6, 6.07) is 6.69. The molecule has 1 saturated carbocycles. The average molecular weight is 663 g/mol. The molecule has 0 spiro atoms. The summed E-state index contributed by atoms with van der Waals surface area (Å²) in [6.07, 6.45) is 3.01. The third-order valence-electron chi connectivity index (χ3n) is 7.87. The Bertz CT molecular complexity index is 1620. The molecule has 0 radical (unpaired) electrons. The van der Waals surface area contributed by atoms with E-state index in [-0.39, 0.29) is 57.9 Å². The van der Waals surface area contributed by atoms with Crippen LogP contribution in [0.5, 0.6) is 5.75 Å². The Morgan fingerprint density at radius 3 is 2.37 bits per heavy atom. The van der Waals surface area contributed by atoms with Crippen molar-refractivity contribution in [2.45, 2.75) is 43.4 Å². The topological polar surface area (TPSA) is 184 Å². The molecule has 246 valence electrons. The van der Waals surface area contributed by atoms with Crippen molar-refractivity contribution in [3.63, 3.8) is 0 Å². The number of amides is 3. The van der Waals surface area contributed by atoms with Gasteiger partial charge in [-0.3, -0.25) is 19.2 Å². The summed E-state index contributed by atoms with van der Waals surface area (Å²) in [5.74, 6) is -4.01. The number of rotatable bonds is 8. The number of carbonyl (C=O) groups excluding carboxylic acids is 3. The van der Waals surface area contributed by atoms with Gasteiger partial charge >= 0.3 is 0 Å². The van der Waals surface area contributed by atoms with Gasteiger partial charge in [0.05, 0.1) is 29.6 Å². The zero-order valence-electron chi connectivity index (χ0n) is 24.9. The van der Waals surface area contributed by atoms with Crippen molar-refractivity contribution in [3.8, 4) is 17.0 Å². The minimum absolute atomic E-state index is 0.0672. The minimum atomic E-state index is -1.36. The SMILES string of the molecule is COc1ccc(-c2cnc(C(=O)Nc3ccc(C(=O)NC4CC(NC(=O)C5(O)CCNCC5)C4)c(Cl)c3)n2C)c(F)c1F.O=CO. The number of carboxylic acid groups (broad SMARTS) is 1. The van der Waals surface area contributed by atoms with Crippen molar-refractivity contribution < 1.29 is 42.9 Å². The number of anilines is 1. The van der Waals surface area contributed by atoms with E-state index in [0.29, 0.717) is 44.5 Å². The Labute approximate surface area is 267 Å². The molecule has 0 atom stereocenters. The van der Waals surface area contributed by atoms with Crippen LogP contribution in [0.1, 0.15) is 46.7 Å². The van der Waals surface area contributed by atoms with Crippen LogP contribution in [0.2, 0.25) is 5.02 Å². The van der Waals surface area contributed by atoms with Crippen molar-refractivity contribution in [2.75, 3.05) is 25.5 Å². The molecule has 5 rings (SSSR count). The van der Waals surface area contributed by atoms with Gasteiger partial charge in [-0.1, -0.05) is 11.6 Å². The number of imidazole rings is 1. The number of hydrogen-bond acceptors (Lipinski definition) is 8. The fourth-order valence-electron chi connectivity index (χ4n) is 5.23. The molecule has 1 aliphatic carbocycles. The van der Waals surface area contributed by atoms with Gasteiger partial charge in [0.1, 0.15) is 5.60 Å². The first-order chi connectivity index (χ1) is 21.9. The summed E-state index contributed by atoms with van der Waals surface area (Å²) < 4.78 is 34.9. The van der Waals surface area contributed by atoms with Gasteiger partial charge in [0.2, 0.25) is 5.82 Å². The van der Waals surface area contributed by atoms with Crippen LogP contribution < -0.4 is 26.0 Å². The molecular weight excluding hydrogens is 630 g/mol. The van der Waals surface area contributed by atoms with Gasteiger partial charge in [-0.2, -0.15) is 4.39 Å². The molecule has 1 aliphatic heterocycles. The van der Waals surface area contributed by atoms with Gasteiger partial charge in [-0.05, 0) is 69.1 Å². The molecule has 13 nitrogen and oxygen atoms in total. The number of aliphatic hydroxyl groups is 1. The van der Waals surface area contributed by atoms with Crippen molar-refractivity contribution in [2.24, 2.45) is 7.05 Å². The summed E-state index contributed by atoms with van der Waals surface area (Å²) in [6.45, 7) is 0.906. The Balaban J connectivity index is 0.00000154. The molecule has 1 aromatic heterocycles. The number of aromatic nitrogens is 2. The van der Waals surface area contributed by atoms with Crippen molar-refractivity contribution in [1.82, 2.24) is 25.5 Å². The number of hydrogen-bond donors (Lipinski definition) is 6. The fraction of sp³-hybridized carbons (Fsp3) is 0.367. The summed E-state index contributed by atoms with van der Waals surface area (Å²) in [5, 5.41) is 29.0. The predicted octanol–water partition coefficient (Wildman–Crippen LogP) is 2.47. The number of ether oxygens (including phenoxy) is 1. The van der Waals surface area contributed by atoms with Gasteiger partial charge in [0.25, 0.3) is 24.2 Å². The van der Waals surface area contributed by atoms with E-state index in [1.165, 1.54) is 55.3 Å². The van der Waals surface area contributed by atoms with E-state index < -0.39 is 29.0 Å². The van der Waals surface area contributed by atoms with Crippen molar-refractivity contribution in [3.05, 3.63) is 64.6 Å². The molecule has 6 N–H and O–H groups in total. The van der Waals surface area contributed by atoms with Gasteiger partial charge in [-0.15, -0.1) is 0 Å². The first-order valence-electron chi connectivity index (χ1n) is 14.2. The van der Waals surface area contributed by atoms with Crippen LogP contribution in [-0.4, -0.2) is 81.8 Å². The Kier molecular flexibility index (Phi) is 10.9. The monoisotopic (exact) mass is 662 g/mol. The van der Waals surface area contributed by atoms with Crippen LogP contribution in [0.15, 0.2) is 36.5 Å². The second-order valence-electron chi connectivity index (χ2n) is 10.8. The molecule has 3 aromatic rings. The Morgan fingerprint density at radius 1 is 1.09 bits per heavy atom. The quantitative estimate of drug-likeness (QED) is 0.197. The molecule has 1 saturated heterocycles. The molecule has 46 heavy (non-hydrogen) atoms. The summed E-state index contributed by atoms with van der Waals surface area (Å²) >= 11 is 6.36. The number of methoxy groups -OCH3 is 1. The largest absolute Gasteiger partial charge is 0.494 e. The molecule has 2 heterocycles. The highest BCUT2D eigenvalue weighted by Crippen LogP contribution is 2.30. The van der Waals surface area contributed by atoms with E-state index >= 15 is 0 Å². The van der Waals surface area contributed by atoms with E-state index in [1.807, 2.05) is 0 Å². The van der Waals surface area contributed by atoms with E-state index in [1.54, 1.807) is 0 Å². The first kappa shape index (κ1) is 34.3. The lowest BCUT2D eigenvalue weighted by atomic mass is 9.84. The molecule has 2 aliphatic rings. The summed E-state index contributed by atoms with van der Waals surface area (Å²) in [7, 11) is 2.72. The summed E-state index contributed by atoms with van der Waals surface area (Å²) in [5.41, 5.74) is -0.789. The maximum Gasteiger partial charge on any atom is 0.291 e. The third-order valence-corrected chi connectivity index (χ3v) is 8.18. The fourth-order valence-corrected chi connectivity index (χ4v) is 5.49. The molecule has 0 unspecified atom stereocenters. The van der Waals surface area contributed by atoms with Crippen LogP contribution in [0.4, 0.5) is 14.5 Å². The van der Waals surface area contributed by atoms with Crippen LogP contribution in [0.25, 0.3) is 11.3 Å². The van der Waals surface area contributed by atoms with Crippen LogP contribution in [-0.2, 0) is 16.6 Å². The highest BCUT2D eigenvalue weighted by Gasteiger charge is 2.40. The number of carbonyl (C=O) groups is 4. The lowest BCUT2D eigenvalue weighted by Crippen LogP contribution is -2.59. The summed E-state index contributed by atoms with van der Waals surface area (Å²) in [4.78, 5) is 50.7.